The lowest BCUT2D eigenvalue weighted by atomic mass is 9.84. The van der Waals surface area contributed by atoms with Crippen molar-refractivity contribution in [2.45, 2.75) is 44.9 Å². The van der Waals surface area contributed by atoms with Crippen molar-refractivity contribution in [2.24, 2.45) is 0 Å². The second-order valence-electron chi connectivity index (χ2n) is 9.43. The summed E-state index contributed by atoms with van der Waals surface area (Å²) in [6.07, 6.45) is 8.78. The largest absolute Gasteiger partial charge is 0.378 e. The van der Waals surface area contributed by atoms with E-state index in [1.165, 1.54) is 91.6 Å². The van der Waals surface area contributed by atoms with Gasteiger partial charge in [-0.2, -0.15) is 0 Å². The van der Waals surface area contributed by atoms with Crippen LogP contribution in [0.3, 0.4) is 0 Å². The molecule has 0 amide bonds. The molecule has 0 saturated carbocycles. The highest BCUT2D eigenvalue weighted by atomic mass is 15.1. The number of nitrogens with one attached hydrogen (secondary N) is 1. The van der Waals surface area contributed by atoms with Crippen LogP contribution in [0.5, 0.6) is 0 Å². The van der Waals surface area contributed by atoms with E-state index in [4.69, 9.17) is 0 Å². The van der Waals surface area contributed by atoms with Crippen molar-refractivity contribution in [1.29, 1.82) is 0 Å². The van der Waals surface area contributed by atoms with Crippen LogP contribution in [0.4, 0.5) is 5.69 Å². The number of hydrogen-bond donors (Lipinski definition) is 1. The molecule has 1 aliphatic heterocycles. The van der Waals surface area contributed by atoms with E-state index in [1.54, 1.807) is 11.1 Å². The summed E-state index contributed by atoms with van der Waals surface area (Å²) in [7, 11) is 4.22. The zero-order valence-electron chi connectivity index (χ0n) is 19.1. The zero-order valence-corrected chi connectivity index (χ0v) is 19.1. The molecule has 2 heterocycles. The van der Waals surface area contributed by atoms with Crippen LogP contribution in [0.2, 0.25) is 0 Å². The van der Waals surface area contributed by atoms with E-state index in [9.17, 15) is 0 Å². The predicted octanol–water partition coefficient (Wildman–Crippen LogP) is 6.36. The van der Waals surface area contributed by atoms with Crippen molar-refractivity contribution in [1.82, 2.24) is 9.88 Å². The average Bonchev–Trinajstić information content (AvgIpc) is 3.45. The minimum absolute atomic E-state index is 1.13. The fraction of sp³-hybridized carbons (Fsp3) is 0.429. The summed E-state index contributed by atoms with van der Waals surface area (Å²) < 4.78 is 0. The summed E-state index contributed by atoms with van der Waals surface area (Å²) in [6.45, 7) is 3.71. The first-order valence-electron chi connectivity index (χ1n) is 12.0. The van der Waals surface area contributed by atoms with Crippen molar-refractivity contribution < 1.29 is 0 Å². The predicted molar refractivity (Wildman–Crippen MR) is 134 cm³/mol. The van der Waals surface area contributed by atoms with E-state index in [0.717, 1.165) is 6.42 Å². The Morgan fingerprint density at radius 1 is 0.839 bits per heavy atom. The van der Waals surface area contributed by atoms with Gasteiger partial charge in [0.05, 0.1) is 0 Å². The summed E-state index contributed by atoms with van der Waals surface area (Å²) in [6, 6.07) is 18.1. The van der Waals surface area contributed by atoms with Gasteiger partial charge in [-0.05, 0) is 98.5 Å². The Morgan fingerprint density at radius 3 is 2.29 bits per heavy atom. The fourth-order valence-electron chi connectivity index (χ4n) is 5.45. The number of nitrogens with zero attached hydrogens (tertiary/aromatic N) is 2. The van der Waals surface area contributed by atoms with E-state index in [0.29, 0.717) is 0 Å². The molecule has 0 atom stereocenters. The van der Waals surface area contributed by atoms with E-state index in [-0.39, 0.29) is 0 Å². The third kappa shape index (κ3) is 4.16. The molecule has 0 bridgehead atoms. The molecular formula is C28H35N3. The molecule has 0 radical (unpaired) electrons. The molecule has 1 N–H and O–H groups in total. The molecule has 3 aromatic rings. The van der Waals surface area contributed by atoms with Gasteiger partial charge in [-0.1, -0.05) is 30.3 Å². The van der Waals surface area contributed by atoms with Gasteiger partial charge in [-0.25, -0.2) is 0 Å². The van der Waals surface area contributed by atoms with Crippen LogP contribution in [0, 0.1) is 0 Å². The van der Waals surface area contributed by atoms with Crippen LogP contribution >= 0.6 is 0 Å². The second kappa shape index (κ2) is 8.92. The summed E-state index contributed by atoms with van der Waals surface area (Å²) in [4.78, 5) is 8.67. The van der Waals surface area contributed by atoms with Crippen LogP contribution in [0.1, 0.15) is 55.3 Å². The summed E-state index contributed by atoms with van der Waals surface area (Å²) >= 11 is 0. The van der Waals surface area contributed by atoms with Crippen LogP contribution in [0.25, 0.3) is 22.0 Å². The Balaban J connectivity index is 1.57. The van der Waals surface area contributed by atoms with Crippen molar-refractivity contribution in [2.75, 3.05) is 38.6 Å². The third-order valence-corrected chi connectivity index (χ3v) is 7.19. The highest BCUT2D eigenvalue weighted by molar-refractivity contribution is 5.97. The molecule has 162 valence electrons. The van der Waals surface area contributed by atoms with Gasteiger partial charge >= 0.3 is 0 Å². The molecule has 3 heteroatoms. The number of aromatic nitrogens is 1. The first-order valence-corrected chi connectivity index (χ1v) is 12.0. The SMILES string of the molecule is CN(C)c1ccc(C2=C(c3[nH]c4ccccc4c3CCN3CCCC3)CCCC2)cc1. The fourth-order valence-corrected chi connectivity index (χ4v) is 5.45. The highest BCUT2D eigenvalue weighted by Crippen LogP contribution is 2.41. The molecule has 1 aliphatic carbocycles. The van der Waals surface area contributed by atoms with Crippen LogP contribution in [0.15, 0.2) is 48.5 Å². The van der Waals surface area contributed by atoms with E-state index >= 15 is 0 Å². The number of allylic oxidation sites excluding steroid dienone is 2. The van der Waals surface area contributed by atoms with Crippen molar-refractivity contribution in [3.8, 4) is 0 Å². The van der Waals surface area contributed by atoms with Gasteiger partial charge in [0.2, 0.25) is 0 Å². The molecule has 1 fully saturated rings. The maximum atomic E-state index is 3.85. The lowest BCUT2D eigenvalue weighted by molar-refractivity contribution is 0.344. The number of aromatic amines is 1. The molecule has 2 aromatic carbocycles. The number of hydrogen-bond acceptors (Lipinski definition) is 2. The standard InChI is InChI=1S/C28H35N3/c1-30(2)22-15-13-21(14-16-22)23-9-3-4-11-25(23)28-26(17-20-31-18-7-8-19-31)24-10-5-6-12-27(24)29-28/h5-6,10,12-16,29H,3-4,7-9,11,17-20H2,1-2H3. The normalized spacial score (nSPS) is 17.6. The van der Waals surface area contributed by atoms with Gasteiger partial charge in [-0.15, -0.1) is 0 Å². The monoisotopic (exact) mass is 413 g/mol. The first-order chi connectivity index (χ1) is 15.2. The van der Waals surface area contributed by atoms with E-state index in [2.05, 4.69) is 77.4 Å². The zero-order chi connectivity index (χ0) is 21.2. The average molecular weight is 414 g/mol. The first kappa shape index (κ1) is 20.4. The lowest BCUT2D eigenvalue weighted by Crippen LogP contribution is -2.22. The summed E-state index contributed by atoms with van der Waals surface area (Å²) in [5.74, 6) is 0. The Kier molecular flexibility index (Phi) is 5.87. The number of fused-ring (bicyclic) bond motifs is 1. The van der Waals surface area contributed by atoms with E-state index < -0.39 is 0 Å². The van der Waals surface area contributed by atoms with Gasteiger partial charge in [-0.3, -0.25) is 0 Å². The highest BCUT2D eigenvalue weighted by Gasteiger charge is 2.22. The molecule has 0 spiro atoms. The van der Waals surface area contributed by atoms with Gasteiger partial charge in [0, 0.05) is 42.9 Å². The van der Waals surface area contributed by atoms with Crippen molar-refractivity contribution in [3.05, 3.63) is 65.4 Å². The van der Waals surface area contributed by atoms with Gasteiger partial charge in [0.25, 0.3) is 0 Å². The van der Waals surface area contributed by atoms with Gasteiger partial charge in [0.1, 0.15) is 0 Å². The smallest absolute Gasteiger partial charge is 0.0461 e. The third-order valence-electron chi connectivity index (χ3n) is 7.19. The number of anilines is 1. The topological polar surface area (TPSA) is 22.3 Å². The minimum atomic E-state index is 1.13. The molecular weight excluding hydrogens is 378 g/mol. The quantitative estimate of drug-likeness (QED) is 0.508. The van der Waals surface area contributed by atoms with Gasteiger partial charge in [0.15, 0.2) is 0 Å². The molecule has 1 saturated heterocycles. The van der Waals surface area contributed by atoms with E-state index in [1.807, 2.05) is 0 Å². The van der Waals surface area contributed by atoms with Crippen molar-refractivity contribution in [3.63, 3.8) is 0 Å². The number of H-pyrrole nitrogens is 1. The number of rotatable bonds is 6. The number of likely N-dealkylation sites (tertiary alicyclic amines) is 1. The molecule has 1 aromatic heterocycles. The molecule has 3 nitrogen and oxygen atoms in total. The Labute approximate surface area is 186 Å². The summed E-state index contributed by atoms with van der Waals surface area (Å²) in [5.41, 5.74) is 9.98. The Bertz CT molecular complexity index is 1070. The number of para-hydroxylation sites is 1. The summed E-state index contributed by atoms with van der Waals surface area (Å²) in [5, 5.41) is 1.41. The minimum Gasteiger partial charge on any atom is -0.378 e. The number of benzene rings is 2. The molecule has 5 rings (SSSR count). The maximum absolute atomic E-state index is 3.85. The Morgan fingerprint density at radius 2 is 1.55 bits per heavy atom. The Hall–Kier alpha value is -2.52. The van der Waals surface area contributed by atoms with Crippen LogP contribution < -0.4 is 4.90 Å². The molecule has 31 heavy (non-hydrogen) atoms. The molecule has 0 unspecified atom stereocenters. The lowest BCUT2D eigenvalue weighted by Gasteiger charge is -2.23. The van der Waals surface area contributed by atoms with Crippen molar-refractivity contribution >= 4 is 27.7 Å². The van der Waals surface area contributed by atoms with Gasteiger partial charge < -0.3 is 14.8 Å². The van der Waals surface area contributed by atoms with Crippen LogP contribution in [-0.2, 0) is 6.42 Å². The van der Waals surface area contributed by atoms with Crippen LogP contribution in [-0.4, -0.2) is 43.6 Å². The second-order valence-corrected chi connectivity index (χ2v) is 9.43. The maximum Gasteiger partial charge on any atom is 0.0461 e. The molecule has 2 aliphatic rings.